The Labute approximate surface area is 159 Å². The van der Waals surface area contributed by atoms with Crippen LogP contribution in [-0.4, -0.2) is 27.1 Å². The van der Waals surface area contributed by atoms with Crippen LogP contribution in [0.15, 0.2) is 24.3 Å². The standard InChI is InChI=1S/C21H28N4O2/c1-5-14(4)12-27-21(26)17-18-20(25(19(17)22)11-10-13(2)3)24-16-9-7-6-8-15(16)23-18/h6-9,13-14H,5,10-12,22H2,1-4H3/t14-/m0/s1. The van der Waals surface area contributed by atoms with Crippen LogP contribution in [0.2, 0.25) is 0 Å². The monoisotopic (exact) mass is 368 g/mol. The molecule has 2 aromatic heterocycles. The molecular formula is C21H28N4O2. The third-order valence-electron chi connectivity index (χ3n) is 4.92. The molecular weight excluding hydrogens is 340 g/mol. The molecule has 1 aromatic carbocycles. The van der Waals surface area contributed by atoms with Crippen molar-refractivity contribution >= 4 is 34.0 Å². The van der Waals surface area contributed by atoms with Gasteiger partial charge in [0, 0.05) is 6.54 Å². The van der Waals surface area contributed by atoms with E-state index in [9.17, 15) is 4.79 Å². The number of aryl methyl sites for hydroxylation is 1. The molecule has 0 aliphatic carbocycles. The second kappa shape index (κ2) is 7.94. The summed E-state index contributed by atoms with van der Waals surface area (Å²) in [4.78, 5) is 22.2. The highest BCUT2D eigenvalue weighted by atomic mass is 16.5. The molecule has 0 saturated carbocycles. The SMILES string of the molecule is CC[C@H](C)COC(=O)c1c(N)n(CCC(C)C)c2nc3ccccc3nc12. The highest BCUT2D eigenvalue weighted by Gasteiger charge is 2.25. The smallest absolute Gasteiger partial charge is 0.344 e. The average Bonchev–Trinajstić information content (AvgIpc) is 2.92. The number of nitrogen functional groups attached to an aromatic ring is 1. The molecule has 0 aliphatic rings. The number of fused-ring (bicyclic) bond motifs is 2. The van der Waals surface area contributed by atoms with Crippen LogP contribution in [0.1, 0.15) is 50.9 Å². The van der Waals surface area contributed by atoms with Crippen LogP contribution in [0, 0.1) is 11.8 Å². The van der Waals surface area contributed by atoms with Crippen molar-refractivity contribution in [3.63, 3.8) is 0 Å². The van der Waals surface area contributed by atoms with Crippen molar-refractivity contribution in [2.45, 2.75) is 47.1 Å². The minimum atomic E-state index is -0.425. The predicted molar refractivity (Wildman–Crippen MR) is 109 cm³/mol. The van der Waals surface area contributed by atoms with Gasteiger partial charge in [-0.2, -0.15) is 0 Å². The summed E-state index contributed by atoms with van der Waals surface area (Å²) < 4.78 is 7.42. The van der Waals surface area contributed by atoms with Crippen LogP contribution in [0.25, 0.3) is 22.2 Å². The number of aromatic nitrogens is 3. The van der Waals surface area contributed by atoms with Crippen LogP contribution in [0.3, 0.4) is 0 Å². The van der Waals surface area contributed by atoms with E-state index in [1.54, 1.807) is 0 Å². The lowest BCUT2D eigenvalue weighted by Gasteiger charge is -2.11. The number of hydrogen-bond acceptors (Lipinski definition) is 5. The van der Waals surface area contributed by atoms with Gasteiger partial charge in [-0.15, -0.1) is 0 Å². The molecule has 0 aliphatic heterocycles. The van der Waals surface area contributed by atoms with Crippen LogP contribution in [0.4, 0.5) is 5.82 Å². The largest absolute Gasteiger partial charge is 0.462 e. The van der Waals surface area contributed by atoms with Crippen LogP contribution >= 0.6 is 0 Å². The number of nitrogens with two attached hydrogens (primary N) is 1. The van der Waals surface area contributed by atoms with Gasteiger partial charge in [0.25, 0.3) is 0 Å². The maximum absolute atomic E-state index is 12.8. The maximum Gasteiger partial charge on any atom is 0.344 e. The zero-order chi connectivity index (χ0) is 19.6. The summed E-state index contributed by atoms with van der Waals surface area (Å²) in [6.45, 7) is 9.49. The molecule has 2 N–H and O–H groups in total. The third-order valence-corrected chi connectivity index (χ3v) is 4.92. The number of carbonyl (C=O) groups is 1. The lowest BCUT2D eigenvalue weighted by molar-refractivity contribution is 0.0450. The first-order chi connectivity index (χ1) is 12.9. The van der Waals surface area contributed by atoms with E-state index in [-0.39, 0.29) is 0 Å². The molecule has 3 aromatic rings. The fraction of sp³-hybridized carbons (Fsp3) is 0.476. The molecule has 0 saturated heterocycles. The summed E-state index contributed by atoms with van der Waals surface area (Å²) in [5, 5.41) is 0. The average molecular weight is 368 g/mol. The Hall–Kier alpha value is -2.63. The molecule has 0 spiro atoms. The molecule has 0 radical (unpaired) electrons. The van der Waals surface area contributed by atoms with Gasteiger partial charge in [0.05, 0.1) is 17.6 Å². The van der Waals surface area contributed by atoms with Gasteiger partial charge in [-0.3, -0.25) is 0 Å². The molecule has 6 nitrogen and oxygen atoms in total. The van der Waals surface area contributed by atoms with E-state index in [1.165, 1.54) is 0 Å². The number of hydrogen-bond donors (Lipinski definition) is 1. The quantitative estimate of drug-likeness (QED) is 0.624. The number of nitrogens with zero attached hydrogens (tertiary/aromatic N) is 3. The Morgan fingerprint density at radius 1 is 1.19 bits per heavy atom. The van der Waals surface area contributed by atoms with Gasteiger partial charge >= 0.3 is 5.97 Å². The van der Waals surface area contributed by atoms with E-state index in [2.05, 4.69) is 27.7 Å². The highest BCUT2D eigenvalue weighted by Crippen LogP contribution is 2.29. The van der Waals surface area contributed by atoms with Gasteiger partial charge < -0.3 is 15.0 Å². The Balaban J connectivity index is 2.11. The molecule has 3 rings (SSSR count). The molecule has 0 amide bonds. The zero-order valence-corrected chi connectivity index (χ0v) is 16.5. The highest BCUT2D eigenvalue weighted by molar-refractivity contribution is 6.08. The molecule has 0 unspecified atom stereocenters. The third kappa shape index (κ3) is 3.89. The van der Waals surface area contributed by atoms with Gasteiger partial charge in [-0.05, 0) is 30.4 Å². The van der Waals surface area contributed by atoms with E-state index in [0.29, 0.717) is 47.5 Å². The number of benzene rings is 1. The summed E-state index contributed by atoms with van der Waals surface area (Å²) in [5.74, 6) is 0.772. The first-order valence-corrected chi connectivity index (χ1v) is 9.63. The Morgan fingerprint density at radius 2 is 1.85 bits per heavy atom. The van der Waals surface area contributed by atoms with Crippen LogP contribution in [-0.2, 0) is 11.3 Å². The summed E-state index contributed by atoms with van der Waals surface area (Å²) in [5.41, 5.74) is 9.40. The number of carbonyl (C=O) groups excluding carboxylic acids is 1. The summed E-state index contributed by atoms with van der Waals surface area (Å²) in [6, 6.07) is 7.63. The fourth-order valence-electron chi connectivity index (χ4n) is 2.94. The number of anilines is 1. The molecule has 0 fully saturated rings. The topological polar surface area (TPSA) is 83.0 Å². The number of ether oxygens (including phenoxy) is 1. The maximum atomic E-state index is 12.8. The van der Waals surface area contributed by atoms with Gasteiger partial charge in [-0.25, -0.2) is 14.8 Å². The lowest BCUT2D eigenvalue weighted by Crippen LogP contribution is -2.14. The summed E-state index contributed by atoms with van der Waals surface area (Å²) >= 11 is 0. The Morgan fingerprint density at radius 3 is 2.48 bits per heavy atom. The number of rotatable bonds is 7. The fourth-order valence-corrected chi connectivity index (χ4v) is 2.94. The second-order valence-corrected chi connectivity index (χ2v) is 7.59. The Kier molecular flexibility index (Phi) is 5.63. The zero-order valence-electron chi connectivity index (χ0n) is 16.5. The number of para-hydroxylation sites is 2. The van der Waals surface area contributed by atoms with Crippen molar-refractivity contribution in [1.29, 1.82) is 0 Å². The molecule has 0 bridgehead atoms. The minimum absolute atomic E-state index is 0.302. The molecule has 6 heteroatoms. The van der Waals surface area contributed by atoms with Crippen molar-refractivity contribution < 1.29 is 9.53 Å². The normalized spacial score (nSPS) is 12.8. The first kappa shape index (κ1) is 19.1. The van der Waals surface area contributed by atoms with Crippen LogP contribution in [0.5, 0.6) is 0 Å². The molecule has 1 atom stereocenters. The van der Waals surface area contributed by atoms with Gasteiger partial charge in [0.2, 0.25) is 0 Å². The number of esters is 1. The summed E-state index contributed by atoms with van der Waals surface area (Å²) in [6.07, 6.45) is 1.88. The van der Waals surface area contributed by atoms with Crippen molar-refractivity contribution in [2.24, 2.45) is 11.8 Å². The van der Waals surface area contributed by atoms with E-state index in [0.717, 1.165) is 23.9 Å². The molecule has 144 valence electrons. The first-order valence-electron chi connectivity index (χ1n) is 9.63. The second-order valence-electron chi connectivity index (χ2n) is 7.59. The van der Waals surface area contributed by atoms with Crippen molar-refractivity contribution in [1.82, 2.24) is 14.5 Å². The van der Waals surface area contributed by atoms with Crippen LogP contribution < -0.4 is 5.73 Å². The lowest BCUT2D eigenvalue weighted by atomic mass is 10.1. The minimum Gasteiger partial charge on any atom is -0.462 e. The van der Waals surface area contributed by atoms with Gasteiger partial charge in [0.15, 0.2) is 5.65 Å². The van der Waals surface area contributed by atoms with Crippen molar-refractivity contribution in [3.05, 3.63) is 29.8 Å². The predicted octanol–water partition coefficient (Wildman–Crippen LogP) is 4.42. The van der Waals surface area contributed by atoms with E-state index < -0.39 is 5.97 Å². The van der Waals surface area contributed by atoms with Gasteiger partial charge in [-0.1, -0.05) is 46.2 Å². The Bertz CT molecular complexity index is 962. The van der Waals surface area contributed by atoms with E-state index in [1.807, 2.05) is 28.8 Å². The van der Waals surface area contributed by atoms with E-state index in [4.69, 9.17) is 20.4 Å². The molecule has 27 heavy (non-hydrogen) atoms. The van der Waals surface area contributed by atoms with E-state index >= 15 is 0 Å². The molecule has 2 heterocycles. The summed E-state index contributed by atoms with van der Waals surface area (Å²) in [7, 11) is 0. The van der Waals surface area contributed by atoms with Crippen molar-refractivity contribution in [3.8, 4) is 0 Å². The van der Waals surface area contributed by atoms with Gasteiger partial charge in [0.1, 0.15) is 16.9 Å². The van der Waals surface area contributed by atoms with Crippen molar-refractivity contribution in [2.75, 3.05) is 12.3 Å².